The van der Waals surface area contributed by atoms with Crippen molar-refractivity contribution in [3.05, 3.63) is 70.8 Å². The largest absolute Gasteiger partial charge is 0.294 e. The van der Waals surface area contributed by atoms with E-state index in [1.54, 1.807) is 0 Å². The van der Waals surface area contributed by atoms with E-state index in [1.807, 2.05) is 12.1 Å². The van der Waals surface area contributed by atoms with Crippen LogP contribution in [-0.4, -0.2) is 5.78 Å². The Bertz CT molecular complexity index is 689. The zero-order chi connectivity index (χ0) is 15.9. The summed E-state index contributed by atoms with van der Waals surface area (Å²) in [6.45, 7) is 8.68. The van der Waals surface area contributed by atoms with Crippen LogP contribution in [-0.2, 0) is 5.41 Å². The molecule has 0 spiro atoms. The molecule has 0 bridgehead atoms. The number of Topliss-reactive ketones (excluding diaryl/α,β-unsaturated/α-hetero) is 1. The van der Waals surface area contributed by atoms with E-state index in [4.69, 9.17) is 0 Å². The van der Waals surface area contributed by atoms with Crippen LogP contribution in [0.15, 0.2) is 48.5 Å². The quantitative estimate of drug-likeness (QED) is 0.703. The molecule has 1 aliphatic carbocycles. The Hall–Kier alpha value is -1.89. The van der Waals surface area contributed by atoms with Crippen molar-refractivity contribution >= 4 is 5.78 Å². The van der Waals surface area contributed by atoms with Gasteiger partial charge in [0.15, 0.2) is 5.78 Å². The van der Waals surface area contributed by atoms with Crippen molar-refractivity contribution in [2.24, 2.45) is 5.92 Å². The van der Waals surface area contributed by atoms with Crippen molar-refractivity contribution in [2.45, 2.75) is 45.4 Å². The van der Waals surface area contributed by atoms with E-state index in [9.17, 15) is 4.79 Å². The molecule has 3 rings (SSSR count). The number of hydrogen-bond acceptors (Lipinski definition) is 1. The number of hydrogen-bond donors (Lipinski definition) is 0. The van der Waals surface area contributed by atoms with Crippen LogP contribution in [0.1, 0.15) is 60.2 Å². The second kappa shape index (κ2) is 5.39. The number of carbonyl (C=O) groups is 1. The summed E-state index contributed by atoms with van der Waals surface area (Å²) < 4.78 is 0. The van der Waals surface area contributed by atoms with Crippen LogP contribution >= 0.6 is 0 Å². The van der Waals surface area contributed by atoms with Crippen LogP contribution in [0.4, 0.5) is 0 Å². The SMILES string of the molecule is Cc1cccc(C2CC2C(=O)c2ccc(C(C)(C)C)cc2)c1. The summed E-state index contributed by atoms with van der Waals surface area (Å²) in [6.07, 6.45) is 0.989. The smallest absolute Gasteiger partial charge is 0.166 e. The highest BCUT2D eigenvalue weighted by Crippen LogP contribution is 2.49. The van der Waals surface area contributed by atoms with E-state index >= 15 is 0 Å². The standard InChI is InChI=1S/C21H24O/c1-14-6-5-7-16(12-14)18-13-19(18)20(22)15-8-10-17(11-9-15)21(2,3)4/h5-12,18-19H,13H2,1-4H3. The molecule has 1 saturated carbocycles. The second-order valence-electron chi connectivity index (χ2n) is 7.55. The van der Waals surface area contributed by atoms with Crippen LogP contribution in [0, 0.1) is 12.8 Å². The summed E-state index contributed by atoms with van der Waals surface area (Å²) in [5, 5.41) is 0. The second-order valence-corrected chi connectivity index (χ2v) is 7.55. The maximum Gasteiger partial charge on any atom is 0.166 e. The lowest BCUT2D eigenvalue weighted by Gasteiger charge is -2.19. The van der Waals surface area contributed by atoms with Gasteiger partial charge in [0.05, 0.1) is 0 Å². The molecule has 0 N–H and O–H groups in total. The average Bonchev–Trinajstić information content (AvgIpc) is 3.26. The van der Waals surface area contributed by atoms with Crippen molar-refractivity contribution in [1.29, 1.82) is 0 Å². The normalized spacial score (nSPS) is 20.7. The van der Waals surface area contributed by atoms with Gasteiger partial charge in [-0.15, -0.1) is 0 Å². The Labute approximate surface area is 133 Å². The molecule has 0 radical (unpaired) electrons. The van der Waals surface area contributed by atoms with E-state index in [0.29, 0.717) is 11.7 Å². The van der Waals surface area contributed by atoms with Crippen molar-refractivity contribution in [3.8, 4) is 0 Å². The summed E-state index contributed by atoms with van der Waals surface area (Å²) in [7, 11) is 0. The fourth-order valence-corrected chi connectivity index (χ4v) is 3.10. The molecule has 2 aromatic carbocycles. The molecule has 0 aliphatic heterocycles. The summed E-state index contributed by atoms with van der Waals surface area (Å²) >= 11 is 0. The third-order valence-corrected chi connectivity index (χ3v) is 4.63. The maximum absolute atomic E-state index is 12.6. The lowest BCUT2D eigenvalue weighted by Crippen LogP contribution is -2.11. The molecule has 1 heteroatoms. The summed E-state index contributed by atoms with van der Waals surface area (Å²) in [5.41, 5.74) is 4.84. The lowest BCUT2D eigenvalue weighted by molar-refractivity contribution is 0.0965. The van der Waals surface area contributed by atoms with E-state index in [-0.39, 0.29) is 11.3 Å². The van der Waals surface area contributed by atoms with E-state index in [0.717, 1.165) is 12.0 Å². The number of benzene rings is 2. The molecule has 1 fully saturated rings. The highest BCUT2D eigenvalue weighted by molar-refractivity contribution is 6.00. The van der Waals surface area contributed by atoms with Crippen LogP contribution < -0.4 is 0 Å². The predicted molar refractivity (Wildman–Crippen MR) is 91.5 cm³/mol. The third kappa shape index (κ3) is 2.99. The molecular formula is C21H24O. The van der Waals surface area contributed by atoms with Gasteiger partial charge in [0.1, 0.15) is 0 Å². The topological polar surface area (TPSA) is 17.1 Å². The lowest BCUT2D eigenvalue weighted by atomic mass is 9.86. The van der Waals surface area contributed by atoms with Gasteiger partial charge in [0.25, 0.3) is 0 Å². The molecular weight excluding hydrogens is 268 g/mol. The first-order chi connectivity index (χ1) is 10.4. The van der Waals surface area contributed by atoms with Gasteiger partial charge in [0, 0.05) is 11.5 Å². The minimum Gasteiger partial charge on any atom is -0.294 e. The molecule has 22 heavy (non-hydrogen) atoms. The van der Waals surface area contributed by atoms with Crippen LogP contribution in [0.3, 0.4) is 0 Å². The van der Waals surface area contributed by atoms with Gasteiger partial charge in [-0.3, -0.25) is 4.79 Å². The summed E-state index contributed by atoms with van der Waals surface area (Å²) in [5.74, 6) is 0.879. The van der Waals surface area contributed by atoms with Gasteiger partial charge in [-0.1, -0.05) is 74.9 Å². The molecule has 2 atom stereocenters. The number of ketones is 1. The molecule has 114 valence electrons. The fraction of sp³-hybridized carbons (Fsp3) is 0.381. The van der Waals surface area contributed by atoms with Crippen LogP contribution in [0.2, 0.25) is 0 Å². The monoisotopic (exact) mass is 292 g/mol. The van der Waals surface area contributed by atoms with Gasteiger partial charge >= 0.3 is 0 Å². The molecule has 1 nitrogen and oxygen atoms in total. The maximum atomic E-state index is 12.6. The summed E-state index contributed by atoms with van der Waals surface area (Å²) in [6, 6.07) is 16.7. The Morgan fingerprint density at radius 3 is 2.32 bits per heavy atom. The van der Waals surface area contributed by atoms with E-state index < -0.39 is 0 Å². The van der Waals surface area contributed by atoms with Crippen molar-refractivity contribution in [1.82, 2.24) is 0 Å². The first-order valence-electron chi connectivity index (χ1n) is 8.07. The minimum absolute atomic E-state index is 0.130. The van der Waals surface area contributed by atoms with Gasteiger partial charge in [-0.05, 0) is 35.8 Å². The van der Waals surface area contributed by atoms with Gasteiger partial charge < -0.3 is 0 Å². The highest BCUT2D eigenvalue weighted by atomic mass is 16.1. The number of aryl methyl sites for hydroxylation is 1. The Morgan fingerprint density at radius 1 is 1.05 bits per heavy atom. The van der Waals surface area contributed by atoms with Crippen molar-refractivity contribution < 1.29 is 4.79 Å². The highest BCUT2D eigenvalue weighted by Gasteiger charge is 2.43. The number of rotatable bonds is 3. The Kier molecular flexibility index (Phi) is 3.68. The fourth-order valence-electron chi connectivity index (χ4n) is 3.10. The van der Waals surface area contributed by atoms with E-state index in [2.05, 4.69) is 64.1 Å². The molecule has 0 heterocycles. The van der Waals surface area contributed by atoms with Gasteiger partial charge in [-0.2, -0.15) is 0 Å². The molecule has 1 aliphatic rings. The first kappa shape index (κ1) is 15.0. The van der Waals surface area contributed by atoms with Crippen molar-refractivity contribution in [2.75, 3.05) is 0 Å². The van der Waals surface area contributed by atoms with Crippen LogP contribution in [0.5, 0.6) is 0 Å². The zero-order valence-electron chi connectivity index (χ0n) is 13.9. The van der Waals surface area contributed by atoms with Crippen LogP contribution in [0.25, 0.3) is 0 Å². The number of carbonyl (C=O) groups excluding carboxylic acids is 1. The molecule has 0 saturated heterocycles. The van der Waals surface area contributed by atoms with Gasteiger partial charge in [-0.25, -0.2) is 0 Å². The zero-order valence-corrected chi connectivity index (χ0v) is 13.9. The molecule has 2 aromatic rings. The Balaban J connectivity index is 1.73. The molecule has 2 unspecified atom stereocenters. The third-order valence-electron chi connectivity index (χ3n) is 4.63. The van der Waals surface area contributed by atoms with E-state index in [1.165, 1.54) is 16.7 Å². The predicted octanol–water partition coefficient (Wildman–Crippen LogP) is 5.28. The summed E-state index contributed by atoms with van der Waals surface area (Å²) in [4.78, 5) is 12.6. The molecule has 0 aromatic heterocycles. The Morgan fingerprint density at radius 2 is 1.73 bits per heavy atom. The van der Waals surface area contributed by atoms with Crippen molar-refractivity contribution in [3.63, 3.8) is 0 Å². The minimum atomic E-state index is 0.130. The van der Waals surface area contributed by atoms with Gasteiger partial charge in [0.2, 0.25) is 0 Å². The average molecular weight is 292 g/mol. The molecule has 0 amide bonds. The first-order valence-corrected chi connectivity index (χ1v) is 8.07.